The SMILES string of the molecule is [O-][n+]1onc(-c2ccccc2)c1COc1ccccc1O. The summed E-state index contributed by atoms with van der Waals surface area (Å²) in [6.07, 6.45) is 0. The maximum absolute atomic E-state index is 11.7. The third-order valence-electron chi connectivity index (χ3n) is 2.98. The molecule has 0 amide bonds. The maximum Gasteiger partial charge on any atom is 0.255 e. The monoisotopic (exact) mass is 284 g/mol. The smallest absolute Gasteiger partial charge is 0.255 e. The summed E-state index contributed by atoms with van der Waals surface area (Å²) < 4.78 is 10.1. The molecule has 0 bridgehead atoms. The van der Waals surface area contributed by atoms with E-state index in [4.69, 9.17) is 4.74 Å². The van der Waals surface area contributed by atoms with E-state index in [-0.39, 0.29) is 23.8 Å². The third-order valence-corrected chi connectivity index (χ3v) is 2.98. The molecule has 1 heterocycles. The number of phenolic OH excluding ortho intramolecular Hbond substituents is 1. The zero-order valence-corrected chi connectivity index (χ0v) is 11.0. The van der Waals surface area contributed by atoms with Gasteiger partial charge >= 0.3 is 0 Å². The van der Waals surface area contributed by atoms with E-state index in [0.29, 0.717) is 10.6 Å². The van der Waals surface area contributed by atoms with Crippen LogP contribution in [0.4, 0.5) is 0 Å². The van der Waals surface area contributed by atoms with Crippen molar-refractivity contribution in [2.24, 2.45) is 0 Å². The summed E-state index contributed by atoms with van der Waals surface area (Å²) in [5, 5.41) is 25.1. The minimum absolute atomic E-state index is 0.00710. The fourth-order valence-corrected chi connectivity index (χ4v) is 1.93. The van der Waals surface area contributed by atoms with Gasteiger partial charge in [0.05, 0.1) is 0 Å². The second-order valence-corrected chi connectivity index (χ2v) is 4.35. The number of benzene rings is 2. The summed E-state index contributed by atoms with van der Waals surface area (Å²) in [6.45, 7) is -0.0607. The molecule has 3 rings (SSSR count). The zero-order valence-electron chi connectivity index (χ0n) is 11.0. The van der Waals surface area contributed by atoms with Gasteiger partial charge in [-0.1, -0.05) is 42.5 Å². The Hall–Kier alpha value is -3.02. The third kappa shape index (κ3) is 2.64. The van der Waals surface area contributed by atoms with E-state index in [0.717, 1.165) is 5.56 Å². The lowest BCUT2D eigenvalue weighted by Crippen LogP contribution is -2.29. The van der Waals surface area contributed by atoms with E-state index in [9.17, 15) is 10.3 Å². The zero-order chi connectivity index (χ0) is 14.7. The number of hydrogen-bond donors (Lipinski definition) is 1. The van der Waals surface area contributed by atoms with Crippen LogP contribution in [0.2, 0.25) is 0 Å². The summed E-state index contributed by atoms with van der Waals surface area (Å²) in [6, 6.07) is 15.7. The summed E-state index contributed by atoms with van der Waals surface area (Å²) in [4.78, 5) is 0.308. The molecule has 106 valence electrons. The Morgan fingerprint density at radius 1 is 1.10 bits per heavy atom. The van der Waals surface area contributed by atoms with Crippen LogP contribution in [0.5, 0.6) is 11.5 Å². The first-order valence-electron chi connectivity index (χ1n) is 6.30. The summed E-state index contributed by atoms with van der Waals surface area (Å²) in [5.41, 5.74) is 1.41. The molecule has 0 radical (unpaired) electrons. The number of ether oxygens (including phenoxy) is 1. The van der Waals surface area contributed by atoms with E-state index < -0.39 is 0 Å². The number of hydrogen-bond acceptors (Lipinski definition) is 5. The molecule has 0 saturated carbocycles. The molecule has 1 N–H and O–H groups in total. The first-order valence-corrected chi connectivity index (χ1v) is 6.30. The minimum atomic E-state index is -0.0607. The van der Waals surface area contributed by atoms with Crippen LogP contribution in [-0.2, 0) is 6.61 Å². The Bertz CT molecular complexity index is 740. The highest BCUT2D eigenvalue weighted by Crippen LogP contribution is 2.26. The number of nitrogens with zero attached hydrogens (tertiary/aromatic N) is 2. The quantitative estimate of drug-likeness (QED) is 0.743. The Morgan fingerprint density at radius 2 is 1.81 bits per heavy atom. The topological polar surface area (TPSA) is 82.4 Å². The highest BCUT2D eigenvalue weighted by Gasteiger charge is 2.21. The number of phenols is 1. The number of para-hydroxylation sites is 2. The highest BCUT2D eigenvalue weighted by atomic mass is 16.8. The molecular formula is C15H12N2O4. The maximum atomic E-state index is 11.7. The predicted octanol–water partition coefficient (Wildman–Crippen LogP) is 2.26. The fraction of sp³-hybridized carbons (Fsp3) is 0.0667. The fourth-order valence-electron chi connectivity index (χ4n) is 1.93. The Balaban J connectivity index is 1.86. The number of aromatic hydroxyl groups is 1. The molecule has 0 spiro atoms. The summed E-state index contributed by atoms with van der Waals surface area (Å²) >= 11 is 0. The summed E-state index contributed by atoms with van der Waals surface area (Å²) in [7, 11) is 0. The molecule has 6 heteroatoms. The van der Waals surface area contributed by atoms with Gasteiger partial charge in [-0.05, 0) is 17.0 Å². The Kier molecular flexibility index (Phi) is 3.42. The van der Waals surface area contributed by atoms with E-state index >= 15 is 0 Å². The van der Waals surface area contributed by atoms with Crippen LogP contribution < -0.4 is 9.64 Å². The van der Waals surface area contributed by atoms with Crippen molar-refractivity contribution >= 4 is 0 Å². The van der Waals surface area contributed by atoms with E-state index in [1.165, 1.54) is 6.07 Å². The Labute approximate surface area is 120 Å². The Morgan fingerprint density at radius 3 is 2.57 bits per heavy atom. The molecule has 0 saturated heterocycles. The average molecular weight is 284 g/mol. The molecule has 1 aromatic heterocycles. The molecule has 6 nitrogen and oxygen atoms in total. The van der Waals surface area contributed by atoms with Crippen LogP contribution in [0.1, 0.15) is 5.69 Å². The van der Waals surface area contributed by atoms with Gasteiger partial charge in [-0.15, -0.1) is 0 Å². The molecular weight excluding hydrogens is 272 g/mol. The second-order valence-electron chi connectivity index (χ2n) is 4.35. The highest BCUT2D eigenvalue weighted by molar-refractivity contribution is 5.59. The molecule has 0 aliphatic carbocycles. The van der Waals surface area contributed by atoms with Crippen LogP contribution in [0.3, 0.4) is 0 Å². The van der Waals surface area contributed by atoms with Gasteiger partial charge < -0.3 is 15.1 Å². The van der Waals surface area contributed by atoms with Gasteiger partial charge in [0, 0.05) is 10.7 Å². The van der Waals surface area contributed by atoms with Crippen molar-refractivity contribution in [3.63, 3.8) is 0 Å². The van der Waals surface area contributed by atoms with Gasteiger partial charge in [0.2, 0.25) is 5.69 Å². The van der Waals surface area contributed by atoms with Gasteiger partial charge in [-0.2, -0.15) is 0 Å². The first kappa shape index (κ1) is 13.0. The van der Waals surface area contributed by atoms with Crippen LogP contribution in [0, 0.1) is 5.21 Å². The largest absolute Gasteiger partial charge is 0.504 e. The van der Waals surface area contributed by atoms with Crippen molar-refractivity contribution in [2.75, 3.05) is 0 Å². The molecule has 21 heavy (non-hydrogen) atoms. The summed E-state index contributed by atoms with van der Waals surface area (Å²) in [5.74, 6) is 0.297. The van der Waals surface area contributed by atoms with Gasteiger partial charge in [-0.3, -0.25) is 4.63 Å². The van der Waals surface area contributed by atoms with E-state index in [1.807, 2.05) is 30.3 Å². The normalized spacial score (nSPS) is 10.5. The number of rotatable bonds is 4. The molecule has 0 aliphatic heterocycles. The molecule has 3 aromatic rings. The van der Waals surface area contributed by atoms with Crippen molar-refractivity contribution in [1.82, 2.24) is 5.16 Å². The average Bonchev–Trinajstić information content (AvgIpc) is 2.88. The standard InChI is InChI=1S/C15H12N2O4/c18-13-8-4-5-9-14(13)20-10-12-15(16-21-17(12)19)11-6-2-1-3-7-11/h1-9,18H,10H2. The van der Waals surface area contributed by atoms with Crippen LogP contribution in [0.15, 0.2) is 59.2 Å². The van der Waals surface area contributed by atoms with Gasteiger partial charge in [-0.25, -0.2) is 0 Å². The van der Waals surface area contributed by atoms with Crippen molar-refractivity contribution in [3.8, 4) is 22.8 Å². The van der Waals surface area contributed by atoms with Crippen molar-refractivity contribution in [3.05, 3.63) is 65.5 Å². The van der Waals surface area contributed by atoms with Crippen LogP contribution in [0.25, 0.3) is 11.3 Å². The van der Waals surface area contributed by atoms with Gasteiger partial charge in [0.1, 0.15) is 0 Å². The lowest BCUT2D eigenvalue weighted by atomic mass is 10.1. The predicted molar refractivity (Wildman–Crippen MR) is 73.3 cm³/mol. The van der Waals surface area contributed by atoms with Gasteiger partial charge in [0.25, 0.3) is 5.69 Å². The molecule has 2 aromatic carbocycles. The second kappa shape index (κ2) is 5.54. The van der Waals surface area contributed by atoms with Crippen molar-refractivity contribution < 1.29 is 19.4 Å². The molecule has 0 aliphatic rings. The molecule has 0 atom stereocenters. The molecule has 0 unspecified atom stereocenters. The van der Waals surface area contributed by atoms with E-state index in [1.54, 1.807) is 18.2 Å². The van der Waals surface area contributed by atoms with Gasteiger partial charge in [0.15, 0.2) is 18.1 Å². The lowest BCUT2D eigenvalue weighted by Gasteiger charge is -2.06. The van der Waals surface area contributed by atoms with Crippen molar-refractivity contribution in [1.29, 1.82) is 0 Å². The van der Waals surface area contributed by atoms with Crippen LogP contribution in [-0.4, -0.2) is 10.3 Å². The number of aromatic nitrogens is 2. The van der Waals surface area contributed by atoms with E-state index in [2.05, 4.69) is 9.79 Å². The first-order chi connectivity index (χ1) is 10.3. The van der Waals surface area contributed by atoms with Crippen molar-refractivity contribution in [2.45, 2.75) is 6.61 Å². The lowest BCUT2D eigenvalue weighted by molar-refractivity contribution is -0.808. The minimum Gasteiger partial charge on any atom is -0.504 e. The van der Waals surface area contributed by atoms with Crippen LogP contribution >= 0.6 is 0 Å². The molecule has 0 fully saturated rings.